The molecule has 3 aromatic carbocycles. The Morgan fingerprint density at radius 1 is 1.03 bits per heavy atom. The van der Waals surface area contributed by atoms with Crippen LogP contribution in [-0.2, 0) is 16.0 Å². The van der Waals surface area contributed by atoms with Crippen LogP contribution in [0, 0.1) is 12.7 Å². The summed E-state index contributed by atoms with van der Waals surface area (Å²) < 4.78 is 26.2. The van der Waals surface area contributed by atoms with Crippen LogP contribution in [-0.4, -0.2) is 56.5 Å². The molecule has 0 saturated carbocycles. The molecule has 2 aliphatic rings. The second-order valence-electron chi connectivity index (χ2n) is 9.85. The van der Waals surface area contributed by atoms with E-state index in [4.69, 9.17) is 9.47 Å². The van der Waals surface area contributed by atoms with Gasteiger partial charge in [0.25, 0.3) is 0 Å². The molecule has 0 bridgehead atoms. The molecule has 0 aromatic heterocycles. The van der Waals surface area contributed by atoms with Crippen molar-refractivity contribution in [2.24, 2.45) is 0 Å². The van der Waals surface area contributed by atoms with E-state index in [9.17, 15) is 4.79 Å². The summed E-state index contributed by atoms with van der Waals surface area (Å²) in [5, 5.41) is 0. The van der Waals surface area contributed by atoms with Crippen LogP contribution in [0.15, 0.2) is 72.8 Å². The monoisotopic (exact) mass is 503 g/mol. The molecule has 2 heterocycles. The summed E-state index contributed by atoms with van der Waals surface area (Å²) >= 11 is 0. The number of hydrogen-bond acceptors (Lipinski definition) is 5. The van der Waals surface area contributed by atoms with Crippen LogP contribution in [0.2, 0.25) is 0 Å². The van der Waals surface area contributed by atoms with Crippen LogP contribution < -0.4 is 9.80 Å². The molecule has 6 nitrogen and oxygen atoms in total. The van der Waals surface area contributed by atoms with E-state index in [0.29, 0.717) is 50.8 Å². The molecule has 5 rings (SSSR count). The molecule has 2 atom stereocenters. The summed E-state index contributed by atoms with van der Waals surface area (Å²) in [5.41, 5.74) is 4.69. The zero-order chi connectivity index (χ0) is 25.8. The summed E-state index contributed by atoms with van der Waals surface area (Å²) in [7, 11) is 0. The molecule has 0 radical (unpaired) electrons. The summed E-state index contributed by atoms with van der Waals surface area (Å²) in [4.78, 5) is 18.7. The van der Waals surface area contributed by atoms with E-state index in [1.165, 1.54) is 27.7 Å². The number of amides is 1. The first-order valence-electron chi connectivity index (χ1n) is 12.9. The highest BCUT2D eigenvalue weighted by molar-refractivity contribution is 5.90. The summed E-state index contributed by atoms with van der Waals surface area (Å²) in [6.07, 6.45) is -0.766. The number of carbonyl (C=O) groups is 1. The molecule has 1 amide bonds. The lowest BCUT2D eigenvalue weighted by atomic mass is 10.0. The van der Waals surface area contributed by atoms with Crippen LogP contribution in [0.1, 0.15) is 29.7 Å². The van der Waals surface area contributed by atoms with Gasteiger partial charge in [-0.25, -0.2) is 9.18 Å². The third-order valence-corrected chi connectivity index (χ3v) is 7.24. The fourth-order valence-electron chi connectivity index (χ4n) is 5.05. The Bertz CT molecular complexity index is 1200. The van der Waals surface area contributed by atoms with Crippen LogP contribution in [0.25, 0.3) is 0 Å². The van der Waals surface area contributed by atoms with Crippen LogP contribution in [0.3, 0.4) is 0 Å². The standard InChI is InChI=1S/C30H34FN3O3/c1-22-8-10-25(11-9-22)23(2)33(19-24-6-4-3-5-7-24)20-27-21-34(30(35)37-27)26-12-13-29(28(31)18-26)32-14-16-36-17-15-32/h3-13,18,23,27H,14-17,19-21H2,1-2H3/t23-,27+/m1/s1. The van der Waals surface area contributed by atoms with Crippen molar-refractivity contribution in [3.8, 4) is 0 Å². The maximum absolute atomic E-state index is 15.0. The van der Waals surface area contributed by atoms with E-state index >= 15 is 4.39 Å². The normalized spacial score (nSPS) is 18.8. The van der Waals surface area contributed by atoms with Crippen molar-refractivity contribution in [1.82, 2.24) is 4.90 Å². The second kappa shape index (κ2) is 11.3. The molecule has 2 aliphatic heterocycles. The van der Waals surface area contributed by atoms with Crippen molar-refractivity contribution < 1.29 is 18.7 Å². The minimum atomic E-state index is -0.439. The first-order chi connectivity index (χ1) is 18.0. The largest absolute Gasteiger partial charge is 0.443 e. The molecule has 194 valence electrons. The maximum atomic E-state index is 15.0. The number of rotatable bonds is 8. The van der Waals surface area contributed by atoms with E-state index in [1.54, 1.807) is 12.1 Å². The minimum absolute atomic E-state index is 0.124. The smallest absolute Gasteiger partial charge is 0.414 e. The highest BCUT2D eigenvalue weighted by Gasteiger charge is 2.35. The highest BCUT2D eigenvalue weighted by Crippen LogP contribution is 2.30. The van der Waals surface area contributed by atoms with E-state index in [1.807, 2.05) is 23.1 Å². The molecule has 0 unspecified atom stereocenters. The van der Waals surface area contributed by atoms with Crippen LogP contribution in [0.4, 0.5) is 20.6 Å². The molecular weight excluding hydrogens is 469 g/mol. The first kappa shape index (κ1) is 25.2. The zero-order valence-corrected chi connectivity index (χ0v) is 21.5. The SMILES string of the molecule is Cc1ccc([C@@H](C)N(Cc2ccccc2)C[C@H]2CN(c3ccc(N4CCOCC4)c(F)c3)C(=O)O2)cc1. The Labute approximate surface area is 218 Å². The molecular formula is C30H34FN3O3. The van der Waals surface area contributed by atoms with E-state index in [0.717, 1.165) is 6.54 Å². The molecule has 7 heteroatoms. The number of halogens is 1. The molecule has 0 spiro atoms. The molecule has 2 saturated heterocycles. The second-order valence-corrected chi connectivity index (χ2v) is 9.85. The van der Waals surface area contributed by atoms with Gasteiger partial charge in [0.15, 0.2) is 0 Å². The summed E-state index contributed by atoms with van der Waals surface area (Å²) in [6.45, 7) is 8.42. The Hall–Kier alpha value is -3.42. The van der Waals surface area contributed by atoms with E-state index < -0.39 is 6.09 Å². The van der Waals surface area contributed by atoms with Crippen LogP contribution >= 0.6 is 0 Å². The molecule has 37 heavy (non-hydrogen) atoms. The lowest BCUT2D eigenvalue weighted by Crippen LogP contribution is -2.37. The van der Waals surface area contributed by atoms with Gasteiger partial charge >= 0.3 is 6.09 Å². The van der Waals surface area contributed by atoms with Gasteiger partial charge in [-0.15, -0.1) is 0 Å². The topological polar surface area (TPSA) is 45.2 Å². The van der Waals surface area contributed by atoms with Crippen molar-refractivity contribution in [1.29, 1.82) is 0 Å². The van der Waals surface area contributed by atoms with Crippen molar-refractivity contribution in [3.05, 3.63) is 95.3 Å². The number of ether oxygens (including phenoxy) is 2. The highest BCUT2D eigenvalue weighted by atomic mass is 19.1. The van der Waals surface area contributed by atoms with Crippen LogP contribution in [0.5, 0.6) is 0 Å². The minimum Gasteiger partial charge on any atom is -0.443 e. The fourth-order valence-corrected chi connectivity index (χ4v) is 5.05. The predicted molar refractivity (Wildman–Crippen MR) is 143 cm³/mol. The Kier molecular flexibility index (Phi) is 7.72. The number of nitrogens with zero attached hydrogens (tertiary/aromatic N) is 3. The number of benzene rings is 3. The average molecular weight is 504 g/mol. The van der Waals surface area contributed by atoms with Gasteiger partial charge in [-0.05, 0) is 43.2 Å². The number of hydrogen-bond donors (Lipinski definition) is 0. The summed E-state index contributed by atoms with van der Waals surface area (Å²) in [6, 6.07) is 24.0. The van der Waals surface area contributed by atoms with Crippen molar-refractivity contribution in [3.63, 3.8) is 0 Å². The third kappa shape index (κ3) is 5.95. The van der Waals surface area contributed by atoms with Crippen molar-refractivity contribution in [2.45, 2.75) is 32.5 Å². The average Bonchev–Trinajstić information content (AvgIpc) is 3.29. The fraction of sp³-hybridized carbons (Fsp3) is 0.367. The van der Waals surface area contributed by atoms with E-state index in [2.05, 4.69) is 55.1 Å². The number of cyclic esters (lactones) is 1. The van der Waals surface area contributed by atoms with Gasteiger partial charge in [-0.1, -0.05) is 60.2 Å². The number of anilines is 2. The lowest BCUT2D eigenvalue weighted by molar-refractivity contribution is 0.0889. The van der Waals surface area contributed by atoms with Gasteiger partial charge in [-0.2, -0.15) is 0 Å². The van der Waals surface area contributed by atoms with Gasteiger partial charge in [0.05, 0.1) is 31.1 Å². The van der Waals surface area contributed by atoms with Gasteiger partial charge in [0, 0.05) is 32.2 Å². The van der Waals surface area contributed by atoms with Gasteiger partial charge in [0.1, 0.15) is 11.9 Å². The number of morpholine rings is 1. The molecule has 0 aliphatic carbocycles. The maximum Gasteiger partial charge on any atom is 0.414 e. The van der Waals surface area contributed by atoms with E-state index in [-0.39, 0.29) is 18.0 Å². The van der Waals surface area contributed by atoms with Gasteiger partial charge in [0.2, 0.25) is 0 Å². The molecule has 2 fully saturated rings. The first-order valence-corrected chi connectivity index (χ1v) is 12.9. The van der Waals surface area contributed by atoms with Crippen molar-refractivity contribution >= 4 is 17.5 Å². The number of carbonyl (C=O) groups excluding carboxylic acids is 1. The van der Waals surface area contributed by atoms with Gasteiger partial charge in [-0.3, -0.25) is 9.80 Å². The Morgan fingerprint density at radius 2 is 1.76 bits per heavy atom. The number of aryl methyl sites for hydroxylation is 1. The molecule has 0 N–H and O–H groups in total. The lowest BCUT2D eigenvalue weighted by Gasteiger charge is -2.31. The third-order valence-electron chi connectivity index (χ3n) is 7.24. The Morgan fingerprint density at radius 3 is 2.46 bits per heavy atom. The molecule has 3 aromatic rings. The van der Waals surface area contributed by atoms with Gasteiger partial charge < -0.3 is 14.4 Å². The predicted octanol–water partition coefficient (Wildman–Crippen LogP) is 5.56. The Balaban J connectivity index is 1.31. The summed E-state index contributed by atoms with van der Waals surface area (Å²) in [5.74, 6) is -0.339. The van der Waals surface area contributed by atoms with Crippen molar-refractivity contribution in [2.75, 3.05) is 49.2 Å². The zero-order valence-electron chi connectivity index (χ0n) is 21.5. The quantitative estimate of drug-likeness (QED) is 0.403.